The molecular weight excluding hydrogens is 368 g/mol. The van der Waals surface area contributed by atoms with Gasteiger partial charge in [-0.2, -0.15) is 0 Å². The highest BCUT2D eigenvalue weighted by Gasteiger charge is 2.34. The number of unbranched alkanes of at least 4 members (excludes halogenated alkanes) is 1. The lowest BCUT2D eigenvalue weighted by Crippen LogP contribution is -2.29. The van der Waals surface area contributed by atoms with Crippen LogP contribution in [0.4, 0.5) is 5.13 Å². The van der Waals surface area contributed by atoms with Crippen molar-refractivity contribution < 1.29 is 9.59 Å². The van der Waals surface area contributed by atoms with Gasteiger partial charge in [0.2, 0.25) is 16.9 Å². The van der Waals surface area contributed by atoms with Gasteiger partial charge < -0.3 is 10.2 Å². The number of likely N-dealkylation sites (tertiary alicyclic amines) is 1. The van der Waals surface area contributed by atoms with Gasteiger partial charge in [-0.3, -0.25) is 9.59 Å². The Balaban J connectivity index is 1.49. The van der Waals surface area contributed by atoms with Crippen LogP contribution in [-0.4, -0.2) is 40.0 Å². The summed E-state index contributed by atoms with van der Waals surface area (Å²) in [4.78, 5) is 27.4. The van der Waals surface area contributed by atoms with E-state index in [1.54, 1.807) is 16.7 Å². The van der Waals surface area contributed by atoms with Crippen LogP contribution in [0.1, 0.15) is 31.2 Å². The van der Waals surface area contributed by atoms with Gasteiger partial charge >= 0.3 is 0 Å². The van der Waals surface area contributed by atoms with Crippen molar-refractivity contribution in [3.8, 4) is 0 Å². The Hall–Kier alpha value is -1.93. The Morgan fingerprint density at radius 1 is 1.35 bits per heavy atom. The fraction of sp³-hybridized carbons (Fsp3) is 0.444. The first-order chi connectivity index (χ1) is 12.7. The van der Waals surface area contributed by atoms with Crippen LogP contribution in [-0.2, 0) is 15.3 Å². The van der Waals surface area contributed by atoms with Crippen molar-refractivity contribution >= 4 is 40.0 Å². The number of nitrogens with zero attached hydrogens (tertiary/aromatic N) is 3. The number of anilines is 1. The minimum Gasteiger partial charge on any atom is -0.342 e. The Morgan fingerprint density at radius 2 is 2.15 bits per heavy atom. The lowest BCUT2D eigenvalue weighted by molar-refractivity contribution is -0.128. The van der Waals surface area contributed by atoms with E-state index in [0.29, 0.717) is 17.4 Å². The maximum Gasteiger partial charge on any atom is 0.231 e. The summed E-state index contributed by atoms with van der Waals surface area (Å²) in [7, 11) is 0. The van der Waals surface area contributed by atoms with Gasteiger partial charge in [-0.25, -0.2) is 0 Å². The third kappa shape index (κ3) is 5.04. The lowest BCUT2D eigenvalue weighted by atomic mass is 10.1. The number of nitrogens with one attached hydrogen (secondary N) is 1. The second-order valence-corrected chi connectivity index (χ2v) is 8.30. The van der Waals surface area contributed by atoms with Crippen LogP contribution in [0.2, 0.25) is 0 Å². The summed E-state index contributed by atoms with van der Waals surface area (Å²) in [6.07, 6.45) is 2.29. The van der Waals surface area contributed by atoms with Gasteiger partial charge in [-0.15, -0.1) is 22.0 Å². The highest BCUT2D eigenvalue weighted by molar-refractivity contribution is 7.98. The number of hydrogen-bond donors (Lipinski definition) is 1. The van der Waals surface area contributed by atoms with Crippen molar-refractivity contribution in [2.24, 2.45) is 5.92 Å². The highest BCUT2D eigenvalue weighted by Crippen LogP contribution is 2.26. The average Bonchev–Trinajstić information content (AvgIpc) is 3.25. The minimum absolute atomic E-state index is 0.0656. The van der Waals surface area contributed by atoms with Crippen LogP contribution >= 0.6 is 23.1 Å². The second kappa shape index (κ2) is 9.14. The monoisotopic (exact) mass is 390 g/mol. The molecule has 0 bridgehead atoms. The summed E-state index contributed by atoms with van der Waals surface area (Å²) in [5, 5.41) is 12.4. The van der Waals surface area contributed by atoms with Crippen LogP contribution in [0.3, 0.4) is 0 Å². The Bertz CT molecular complexity index is 751. The fourth-order valence-corrected chi connectivity index (χ4v) is 4.39. The number of benzene rings is 1. The molecule has 1 saturated heterocycles. The molecule has 8 heteroatoms. The summed E-state index contributed by atoms with van der Waals surface area (Å²) in [5.74, 6) is 0.335. The van der Waals surface area contributed by atoms with E-state index in [1.165, 1.54) is 16.2 Å². The van der Waals surface area contributed by atoms with E-state index in [2.05, 4.69) is 34.6 Å². The maximum absolute atomic E-state index is 12.4. The molecule has 1 aromatic heterocycles. The largest absolute Gasteiger partial charge is 0.342 e. The van der Waals surface area contributed by atoms with Crippen molar-refractivity contribution in [1.82, 2.24) is 15.1 Å². The number of carbonyl (C=O) groups excluding carboxylic acids is 2. The molecule has 0 aliphatic carbocycles. The molecule has 138 valence electrons. The fourth-order valence-electron chi connectivity index (χ4n) is 2.74. The van der Waals surface area contributed by atoms with Gasteiger partial charge in [-0.05, 0) is 18.6 Å². The van der Waals surface area contributed by atoms with Crippen LogP contribution in [0.25, 0.3) is 0 Å². The van der Waals surface area contributed by atoms with Gasteiger partial charge in [0.05, 0.1) is 11.7 Å². The third-order valence-electron chi connectivity index (χ3n) is 4.17. The molecule has 26 heavy (non-hydrogen) atoms. The van der Waals surface area contributed by atoms with E-state index in [4.69, 9.17) is 0 Å². The standard InChI is InChI=1S/C18H22N4O2S2/c1-2-3-9-22-11-13(10-16(22)23)17(24)19-18-21-20-15(26-18)12-25-14-7-5-4-6-8-14/h4-8,13H,2-3,9-12H2,1H3,(H,19,21,24). The van der Waals surface area contributed by atoms with Gasteiger partial charge in [0.15, 0.2) is 0 Å². The molecule has 3 rings (SSSR count). The number of amides is 2. The van der Waals surface area contributed by atoms with Crippen LogP contribution in [0.5, 0.6) is 0 Å². The molecule has 1 atom stereocenters. The first-order valence-corrected chi connectivity index (χ1v) is 10.5. The zero-order valence-electron chi connectivity index (χ0n) is 14.7. The van der Waals surface area contributed by atoms with E-state index >= 15 is 0 Å². The summed E-state index contributed by atoms with van der Waals surface area (Å²) in [5.41, 5.74) is 0. The Kier molecular flexibility index (Phi) is 6.62. The summed E-state index contributed by atoms with van der Waals surface area (Å²) >= 11 is 3.06. The molecule has 2 aromatic rings. The molecule has 1 aliphatic heterocycles. The number of rotatable bonds is 8. The number of hydrogen-bond acceptors (Lipinski definition) is 6. The topological polar surface area (TPSA) is 75.2 Å². The molecule has 0 spiro atoms. The van der Waals surface area contributed by atoms with Crippen molar-refractivity contribution in [1.29, 1.82) is 0 Å². The average molecular weight is 391 g/mol. The van der Waals surface area contributed by atoms with Crippen molar-refractivity contribution in [2.45, 2.75) is 36.8 Å². The molecule has 2 amide bonds. The van der Waals surface area contributed by atoms with Gasteiger partial charge in [0, 0.05) is 24.4 Å². The predicted molar refractivity (Wildman–Crippen MR) is 104 cm³/mol. The second-order valence-electron chi connectivity index (χ2n) is 6.19. The van der Waals surface area contributed by atoms with Crippen molar-refractivity contribution in [3.05, 3.63) is 35.3 Å². The maximum atomic E-state index is 12.4. The van der Waals surface area contributed by atoms with E-state index in [0.717, 1.165) is 24.4 Å². The summed E-state index contributed by atoms with van der Waals surface area (Å²) in [6.45, 7) is 3.33. The zero-order valence-corrected chi connectivity index (χ0v) is 16.3. The molecule has 6 nitrogen and oxygen atoms in total. The zero-order chi connectivity index (χ0) is 18.4. The number of thioether (sulfide) groups is 1. The molecule has 0 radical (unpaired) electrons. The van der Waals surface area contributed by atoms with Crippen LogP contribution < -0.4 is 5.32 Å². The Labute approximate surface area is 161 Å². The normalized spacial score (nSPS) is 16.9. The quantitative estimate of drug-likeness (QED) is 0.699. The van der Waals surface area contributed by atoms with Gasteiger partial charge in [-0.1, -0.05) is 42.9 Å². The van der Waals surface area contributed by atoms with Crippen LogP contribution in [0, 0.1) is 5.92 Å². The smallest absolute Gasteiger partial charge is 0.231 e. The first kappa shape index (κ1) is 18.8. The van der Waals surface area contributed by atoms with E-state index in [-0.39, 0.29) is 24.2 Å². The van der Waals surface area contributed by atoms with E-state index < -0.39 is 0 Å². The summed E-state index contributed by atoms with van der Waals surface area (Å²) < 4.78 is 0. The number of carbonyl (C=O) groups is 2. The molecule has 1 unspecified atom stereocenters. The number of aromatic nitrogens is 2. The minimum atomic E-state index is -0.301. The molecule has 1 N–H and O–H groups in total. The molecule has 1 fully saturated rings. The SMILES string of the molecule is CCCCN1CC(C(=O)Nc2nnc(CSc3ccccc3)s2)CC1=O. The molecule has 1 aromatic carbocycles. The molecule has 2 heterocycles. The molecule has 0 saturated carbocycles. The van der Waals surface area contributed by atoms with Gasteiger partial charge in [0.1, 0.15) is 5.01 Å². The lowest BCUT2D eigenvalue weighted by Gasteiger charge is -2.15. The summed E-state index contributed by atoms with van der Waals surface area (Å²) in [6, 6.07) is 10.1. The third-order valence-corrected chi connectivity index (χ3v) is 6.21. The predicted octanol–water partition coefficient (Wildman–Crippen LogP) is 3.42. The molecular formula is C18H22N4O2S2. The van der Waals surface area contributed by atoms with Gasteiger partial charge in [0.25, 0.3) is 0 Å². The highest BCUT2D eigenvalue weighted by atomic mass is 32.2. The van der Waals surface area contributed by atoms with Crippen molar-refractivity contribution in [3.63, 3.8) is 0 Å². The van der Waals surface area contributed by atoms with E-state index in [1.807, 2.05) is 18.2 Å². The Morgan fingerprint density at radius 3 is 2.92 bits per heavy atom. The first-order valence-electron chi connectivity index (χ1n) is 8.74. The van der Waals surface area contributed by atoms with E-state index in [9.17, 15) is 9.59 Å². The van der Waals surface area contributed by atoms with Crippen LogP contribution in [0.15, 0.2) is 35.2 Å². The molecule has 1 aliphatic rings. The van der Waals surface area contributed by atoms with Crippen molar-refractivity contribution in [2.75, 3.05) is 18.4 Å².